The third-order valence-electron chi connectivity index (χ3n) is 2.96. The third-order valence-corrected chi connectivity index (χ3v) is 2.96. The smallest absolute Gasteiger partial charge is 0.0575 e. The predicted molar refractivity (Wildman–Crippen MR) is 69.1 cm³/mol. The van der Waals surface area contributed by atoms with Crippen molar-refractivity contribution in [1.29, 1.82) is 0 Å². The van der Waals surface area contributed by atoms with E-state index in [9.17, 15) is 0 Å². The van der Waals surface area contributed by atoms with Crippen molar-refractivity contribution in [2.24, 2.45) is 0 Å². The van der Waals surface area contributed by atoms with Crippen molar-refractivity contribution in [2.75, 3.05) is 23.3 Å². The van der Waals surface area contributed by atoms with Gasteiger partial charge in [0.25, 0.3) is 0 Å². The lowest BCUT2D eigenvalue weighted by Gasteiger charge is -2.22. The van der Waals surface area contributed by atoms with Crippen LogP contribution in [0.1, 0.15) is 33.1 Å². The minimum Gasteiger partial charge on any atom is -0.384 e. The number of pyridine rings is 1. The molecule has 1 N–H and O–H groups in total. The maximum atomic E-state index is 4.31. The zero-order chi connectivity index (χ0) is 11.4. The molecule has 0 radical (unpaired) electrons. The van der Waals surface area contributed by atoms with Crippen LogP contribution < -0.4 is 10.2 Å². The standard InChI is InChI=1S/C13H21N3/c1-3-7-15-11-8-13(10-14-9-11)16(4-2)12-5-6-12/h8-10,12,15H,3-7H2,1-2H3. The Kier molecular flexibility index (Phi) is 3.65. The Balaban J connectivity index is 2.07. The molecule has 0 atom stereocenters. The van der Waals surface area contributed by atoms with Crippen molar-refractivity contribution in [3.63, 3.8) is 0 Å². The van der Waals surface area contributed by atoms with Gasteiger partial charge < -0.3 is 10.2 Å². The molecule has 0 aliphatic heterocycles. The number of rotatable bonds is 6. The molecule has 1 aromatic rings. The minimum atomic E-state index is 0.758. The molecule has 1 fully saturated rings. The van der Waals surface area contributed by atoms with E-state index in [2.05, 4.69) is 35.1 Å². The molecule has 1 aliphatic carbocycles. The molecule has 0 amide bonds. The Morgan fingerprint density at radius 1 is 1.38 bits per heavy atom. The number of nitrogens with zero attached hydrogens (tertiary/aromatic N) is 2. The van der Waals surface area contributed by atoms with Crippen LogP contribution in [-0.2, 0) is 0 Å². The van der Waals surface area contributed by atoms with Crippen molar-refractivity contribution in [3.8, 4) is 0 Å². The summed E-state index contributed by atoms with van der Waals surface area (Å²) < 4.78 is 0. The Hall–Kier alpha value is -1.25. The van der Waals surface area contributed by atoms with Crippen LogP contribution in [0.3, 0.4) is 0 Å². The number of aromatic nitrogens is 1. The van der Waals surface area contributed by atoms with Gasteiger partial charge in [0, 0.05) is 19.1 Å². The van der Waals surface area contributed by atoms with Gasteiger partial charge in [-0.1, -0.05) is 6.92 Å². The van der Waals surface area contributed by atoms with E-state index in [1.807, 2.05) is 12.4 Å². The third kappa shape index (κ3) is 2.65. The van der Waals surface area contributed by atoms with Crippen molar-refractivity contribution < 1.29 is 0 Å². The van der Waals surface area contributed by atoms with E-state index in [4.69, 9.17) is 0 Å². The maximum Gasteiger partial charge on any atom is 0.0575 e. The normalized spacial score (nSPS) is 14.9. The van der Waals surface area contributed by atoms with E-state index in [1.165, 1.54) is 18.5 Å². The van der Waals surface area contributed by atoms with Gasteiger partial charge in [-0.05, 0) is 32.3 Å². The molecule has 0 unspecified atom stereocenters. The zero-order valence-electron chi connectivity index (χ0n) is 10.2. The topological polar surface area (TPSA) is 28.2 Å². The van der Waals surface area contributed by atoms with Gasteiger partial charge in [0.05, 0.1) is 23.8 Å². The first kappa shape index (κ1) is 11.2. The molecule has 1 aliphatic rings. The summed E-state index contributed by atoms with van der Waals surface area (Å²) >= 11 is 0. The van der Waals surface area contributed by atoms with Gasteiger partial charge in [0.15, 0.2) is 0 Å². The SMILES string of the molecule is CCCNc1cncc(N(CC)C2CC2)c1. The second-order valence-electron chi connectivity index (χ2n) is 4.38. The van der Waals surface area contributed by atoms with Gasteiger partial charge in [0.2, 0.25) is 0 Å². The van der Waals surface area contributed by atoms with Gasteiger partial charge in [-0.15, -0.1) is 0 Å². The Morgan fingerprint density at radius 3 is 2.81 bits per heavy atom. The molecule has 0 bridgehead atoms. The largest absolute Gasteiger partial charge is 0.384 e. The summed E-state index contributed by atoms with van der Waals surface area (Å²) in [6.07, 6.45) is 7.68. The van der Waals surface area contributed by atoms with Gasteiger partial charge in [-0.3, -0.25) is 4.98 Å². The lowest BCUT2D eigenvalue weighted by atomic mass is 10.3. The van der Waals surface area contributed by atoms with Crippen molar-refractivity contribution in [2.45, 2.75) is 39.2 Å². The summed E-state index contributed by atoms with van der Waals surface area (Å²) in [5.74, 6) is 0. The number of anilines is 2. The zero-order valence-corrected chi connectivity index (χ0v) is 10.2. The second kappa shape index (κ2) is 5.19. The van der Waals surface area contributed by atoms with E-state index >= 15 is 0 Å². The van der Waals surface area contributed by atoms with Crippen molar-refractivity contribution in [3.05, 3.63) is 18.5 Å². The van der Waals surface area contributed by atoms with Crippen LogP contribution >= 0.6 is 0 Å². The van der Waals surface area contributed by atoms with Gasteiger partial charge in [-0.25, -0.2) is 0 Å². The van der Waals surface area contributed by atoms with Crippen molar-refractivity contribution in [1.82, 2.24) is 4.98 Å². The summed E-state index contributed by atoms with van der Waals surface area (Å²) in [5, 5.41) is 3.38. The van der Waals surface area contributed by atoms with Gasteiger partial charge in [-0.2, -0.15) is 0 Å². The quantitative estimate of drug-likeness (QED) is 0.797. The lowest BCUT2D eigenvalue weighted by molar-refractivity contribution is 0.823. The fraction of sp³-hybridized carbons (Fsp3) is 0.615. The Morgan fingerprint density at radius 2 is 2.19 bits per heavy atom. The monoisotopic (exact) mass is 219 g/mol. The molecule has 88 valence electrons. The summed E-state index contributed by atoms with van der Waals surface area (Å²) in [6, 6.07) is 2.97. The number of hydrogen-bond donors (Lipinski definition) is 1. The molecule has 3 heteroatoms. The molecule has 0 saturated heterocycles. The van der Waals surface area contributed by atoms with Crippen molar-refractivity contribution >= 4 is 11.4 Å². The highest BCUT2D eigenvalue weighted by Crippen LogP contribution is 2.31. The molecule has 16 heavy (non-hydrogen) atoms. The highest BCUT2D eigenvalue weighted by Gasteiger charge is 2.28. The summed E-state index contributed by atoms with van der Waals surface area (Å²) in [4.78, 5) is 6.76. The average molecular weight is 219 g/mol. The molecule has 1 aromatic heterocycles. The summed E-state index contributed by atoms with van der Waals surface area (Å²) in [7, 11) is 0. The first-order chi connectivity index (χ1) is 7.85. The Labute approximate surface area is 97.9 Å². The second-order valence-corrected chi connectivity index (χ2v) is 4.38. The maximum absolute atomic E-state index is 4.31. The van der Waals surface area contributed by atoms with E-state index < -0.39 is 0 Å². The molecule has 2 rings (SSSR count). The van der Waals surface area contributed by atoms with Crippen LogP contribution in [0.15, 0.2) is 18.5 Å². The molecule has 1 saturated carbocycles. The van der Waals surface area contributed by atoms with Crippen LogP contribution in [-0.4, -0.2) is 24.1 Å². The summed E-state index contributed by atoms with van der Waals surface area (Å²) in [6.45, 7) is 6.47. The number of nitrogens with one attached hydrogen (secondary N) is 1. The van der Waals surface area contributed by atoms with Crippen LogP contribution in [0.5, 0.6) is 0 Å². The van der Waals surface area contributed by atoms with Gasteiger partial charge >= 0.3 is 0 Å². The fourth-order valence-electron chi connectivity index (χ4n) is 1.99. The van der Waals surface area contributed by atoms with Crippen LogP contribution in [0.4, 0.5) is 11.4 Å². The van der Waals surface area contributed by atoms with Crippen LogP contribution in [0, 0.1) is 0 Å². The fourth-order valence-corrected chi connectivity index (χ4v) is 1.99. The average Bonchev–Trinajstić information content (AvgIpc) is 3.12. The highest BCUT2D eigenvalue weighted by molar-refractivity contribution is 5.56. The van der Waals surface area contributed by atoms with E-state index in [-0.39, 0.29) is 0 Å². The molecular formula is C13H21N3. The van der Waals surface area contributed by atoms with E-state index in [1.54, 1.807) is 0 Å². The lowest BCUT2D eigenvalue weighted by Crippen LogP contribution is -2.25. The summed E-state index contributed by atoms with van der Waals surface area (Å²) in [5.41, 5.74) is 2.39. The molecule has 1 heterocycles. The first-order valence-corrected chi connectivity index (χ1v) is 6.30. The van der Waals surface area contributed by atoms with E-state index in [0.29, 0.717) is 0 Å². The Bertz CT molecular complexity index is 334. The van der Waals surface area contributed by atoms with Crippen LogP contribution in [0.25, 0.3) is 0 Å². The molecule has 3 nitrogen and oxygen atoms in total. The molecular weight excluding hydrogens is 198 g/mol. The van der Waals surface area contributed by atoms with Gasteiger partial charge in [0.1, 0.15) is 0 Å². The van der Waals surface area contributed by atoms with Crippen LogP contribution in [0.2, 0.25) is 0 Å². The number of hydrogen-bond acceptors (Lipinski definition) is 3. The predicted octanol–water partition coefficient (Wildman–Crippen LogP) is 2.89. The highest BCUT2D eigenvalue weighted by atomic mass is 15.2. The molecule has 0 aromatic carbocycles. The molecule has 0 spiro atoms. The first-order valence-electron chi connectivity index (χ1n) is 6.30. The van der Waals surface area contributed by atoms with E-state index in [0.717, 1.165) is 31.2 Å². The minimum absolute atomic E-state index is 0.758.